The largest absolute Gasteiger partial charge is 0.323 e. The van der Waals surface area contributed by atoms with Gasteiger partial charge in [-0.15, -0.1) is 0 Å². The zero-order chi connectivity index (χ0) is 12.5. The van der Waals surface area contributed by atoms with Crippen LogP contribution in [0.4, 0.5) is 10.1 Å². The Kier molecular flexibility index (Phi) is 3.52. The number of amides is 1. The zero-order valence-electron chi connectivity index (χ0n) is 9.72. The van der Waals surface area contributed by atoms with Crippen molar-refractivity contribution >= 4 is 27.5 Å². The third-order valence-electron chi connectivity index (χ3n) is 3.43. The number of benzene rings is 1. The Morgan fingerprint density at radius 1 is 1.41 bits per heavy atom. The molecule has 1 amide bonds. The first-order valence-corrected chi connectivity index (χ1v) is 6.57. The van der Waals surface area contributed by atoms with Crippen LogP contribution in [0.15, 0.2) is 22.7 Å². The maximum atomic E-state index is 13.6. The highest BCUT2D eigenvalue weighted by Crippen LogP contribution is 2.38. The molecule has 0 aliphatic heterocycles. The fraction of sp³-hybridized carbons (Fsp3) is 0.462. The molecule has 2 nitrogen and oxygen atoms in total. The van der Waals surface area contributed by atoms with E-state index in [0.29, 0.717) is 4.47 Å². The standard InChI is InChI=1S/C13H15BrFNO/c1-13(6-2-3-7-13)12(17)16-11-5-4-9(14)8-10(11)15/h4-5,8H,2-3,6-7H2,1H3,(H,16,17). The second-order valence-corrected chi connectivity index (χ2v) is 5.76. The molecule has 17 heavy (non-hydrogen) atoms. The normalized spacial score (nSPS) is 18.1. The van der Waals surface area contributed by atoms with Gasteiger partial charge in [-0.2, -0.15) is 0 Å². The summed E-state index contributed by atoms with van der Waals surface area (Å²) in [7, 11) is 0. The molecular weight excluding hydrogens is 285 g/mol. The second-order valence-electron chi connectivity index (χ2n) is 4.85. The van der Waals surface area contributed by atoms with Gasteiger partial charge in [-0.3, -0.25) is 4.79 Å². The Morgan fingerprint density at radius 3 is 2.65 bits per heavy atom. The van der Waals surface area contributed by atoms with Gasteiger partial charge in [0.2, 0.25) is 5.91 Å². The van der Waals surface area contributed by atoms with Crippen LogP contribution in [0.5, 0.6) is 0 Å². The van der Waals surface area contributed by atoms with E-state index in [4.69, 9.17) is 0 Å². The van der Waals surface area contributed by atoms with Crippen LogP contribution in [0, 0.1) is 11.2 Å². The van der Waals surface area contributed by atoms with Crippen LogP contribution in [0.2, 0.25) is 0 Å². The summed E-state index contributed by atoms with van der Waals surface area (Å²) < 4.78 is 14.2. The molecule has 0 unspecified atom stereocenters. The molecule has 0 aromatic heterocycles. The fourth-order valence-corrected chi connectivity index (χ4v) is 2.58. The fourth-order valence-electron chi connectivity index (χ4n) is 2.25. The quantitative estimate of drug-likeness (QED) is 0.875. The molecule has 0 bridgehead atoms. The molecule has 1 aromatic carbocycles. The average Bonchev–Trinajstić information content (AvgIpc) is 2.71. The Bertz CT molecular complexity index is 441. The van der Waals surface area contributed by atoms with Crippen molar-refractivity contribution in [2.45, 2.75) is 32.6 Å². The van der Waals surface area contributed by atoms with Crippen molar-refractivity contribution in [3.8, 4) is 0 Å². The molecule has 1 saturated carbocycles. The summed E-state index contributed by atoms with van der Waals surface area (Å²) in [6.45, 7) is 1.95. The van der Waals surface area contributed by atoms with E-state index in [-0.39, 0.29) is 17.0 Å². The number of halogens is 2. The zero-order valence-corrected chi connectivity index (χ0v) is 11.3. The van der Waals surface area contributed by atoms with Gasteiger partial charge in [0.25, 0.3) is 0 Å². The number of hydrogen-bond donors (Lipinski definition) is 1. The van der Waals surface area contributed by atoms with Crippen LogP contribution in [-0.2, 0) is 4.79 Å². The van der Waals surface area contributed by atoms with Crippen LogP contribution < -0.4 is 5.32 Å². The Labute approximate surface area is 109 Å². The third kappa shape index (κ3) is 2.68. The smallest absolute Gasteiger partial charge is 0.230 e. The summed E-state index contributed by atoms with van der Waals surface area (Å²) in [5, 5.41) is 2.69. The van der Waals surface area contributed by atoms with Gasteiger partial charge in [0.1, 0.15) is 5.82 Å². The predicted molar refractivity (Wildman–Crippen MR) is 69.3 cm³/mol. The lowest BCUT2D eigenvalue weighted by molar-refractivity contribution is -0.124. The second kappa shape index (κ2) is 4.77. The van der Waals surface area contributed by atoms with E-state index in [2.05, 4.69) is 21.2 Å². The number of nitrogens with one attached hydrogen (secondary N) is 1. The lowest BCUT2D eigenvalue weighted by atomic mass is 9.88. The molecule has 1 aliphatic carbocycles. The molecular formula is C13H15BrFNO. The van der Waals surface area contributed by atoms with E-state index in [0.717, 1.165) is 25.7 Å². The first-order chi connectivity index (χ1) is 8.01. The van der Waals surface area contributed by atoms with Gasteiger partial charge in [0.05, 0.1) is 5.69 Å². The van der Waals surface area contributed by atoms with Gasteiger partial charge in [-0.1, -0.05) is 35.7 Å². The Hall–Kier alpha value is -0.900. The van der Waals surface area contributed by atoms with E-state index < -0.39 is 5.82 Å². The van der Waals surface area contributed by atoms with Crippen molar-refractivity contribution in [1.82, 2.24) is 0 Å². The predicted octanol–water partition coefficient (Wildman–Crippen LogP) is 4.11. The molecule has 0 saturated heterocycles. The van der Waals surface area contributed by atoms with Gasteiger partial charge >= 0.3 is 0 Å². The van der Waals surface area contributed by atoms with E-state index in [9.17, 15) is 9.18 Å². The highest BCUT2D eigenvalue weighted by atomic mass is 79.9. The molecule has 1 aromatic rings. The van der Waals surface area contributed by atoms with Gasteiger partial charge in [0.15, 0.2) is 0 Å². The topological polar surface area (TPSA) is 29.1 Å². The minimum Gasteiger partial charge on any atom is -0.323 e. The van der Waals surface area contributed by atoms with Crippen molar-refractivity contribution < 1.29 is 9.18 Å². The van der Waals surface area contributed by atoms with E-state index >= 15 is 0 Å². The van der Waals surface area contributed by atoms with Crippen LogP contribution in [0.3, 0.4) is 0 Å². The summed E-state index contributed by atoms with van der Waals surface area (Å²) in [6, 6.07) is 4.65. The number of rotatable bonds is 2. The Balaban J connectivity index is 2.13. The summed E-state index contributed by atoms with van der Waals surface area (Å²) in [5.41, 5.74) is -0.0780. The molecule has 1 aliphatic rings. The number of carbonyl (C=O) groups excluding carboxylic acids is 1. The van der Waals surface area contributed by atoms with Gasteiger partial charge in [-0.05, 0) is 31.0 Å². The van der Waals surface area contributed by atoms with E-state index in [1.54, 1.807) is 12.1 Å². The van der Waals surface area contributed by atoms with Crippen molar-refractivity contribution in [2.24, 2.45) is 5.41 Å². The third-order valence-corrected chi connectivity index (χ3v) is 3.93. The molecule has 0 spiro atoms. The Morgan fingerprint density at radius 2 is 2.06 bits per heavy atom. The molecule has 0 heterocycles. The monoisotopic (exact) mass is 299 g/mol. The van der Waals surface area contributed by atoms with Crippen LogP contribution >= 0.6 is 15.9 Å². The average molecular weight is 300 g/mol. The summed E-state index contributed by atoms with van der Waals surface area (Å²) in [5.74, 6) is -0.481. The van der Waals surface area contributed by atoms with Crippen molar-refractivity contribution in [1.29, 1.82) is 0 Å². The molecule has 92 valence electrons. The summed E-state index contributed by atoms with van der Waals surface area (Å²) in [6.07, 6.45) is 3.92. The maximum absolute atomic E-state index is 13.6. The molecule has 0 atom stereocenters. The summed E-state index contributed by atoms with van der Waals surface area (Å²) in [4.78, 5) is 12.1. The van der Waals surface area contributed by atoms with Gasteiger partial charge < -0.3 is 5.32 Å². The SMILES string of the molecule is CC1(C(=O)Nc2ccc(Br)cc2F)CCCC1. The number of hydrogen-bond acceptors (Lipinski definition) is 1. The molecule has 4 heteroatoms. The van der Waals surface area contributed by atoms with Crippen LogP contribution in [0.1, 0.15) is 32.6 Å². The van der Waals surface area contributed by atoms with Gasteiger partial charge in [0, 0.05) is 9.89 Å². The lowest BCUT2D eigenvalue weighted by Crippen LogP contribution is -2.31. The highest BCUT2D eigenvalue weighted by molar-refractivity contribution is 9.10. The summed E-state index contributed by atoms with van der Waals surface area (Å²) >= 11 is 3.19. The van der Waals surface area contributed by atoms with Crippen LogP contribution in [-0.4, -0.2) is 5.91 Å². The minimum atomic E-state index is -0.408. The lowest BCUT2D eigenvalue weighted by Gasteiger charge is -2.22. The molecule has 2 rings (SSSR count). The first kappa shape index (κ1) is 12.6. The van der Waals surface area contributed by atoms with E-state index in [1.807, 2.05) is 6.92 Å². The highest BCUT2D eigenvalue weighted by Gasteiger charge is 2.36. The minimum absolute atomic E-state index is 0.0729. The number of anilines is 1. The van der Waals surface area contributed by atoms with Gasteiger partial charge in [-0.25, -0.2) is 4.39 Å². The first-order valence-electron chi connectivity index (χ1n) is 5.78. The molecule has 1 fully saturated rings. The van der Waals surface area contributed by atoms with Crippen molar-refractivity contribution in [2.75, 3.05) is 5.32 Å². The molecule has 0 radical (unpaired) electrons. The van der Waals surface area contributed by atoms with Crippen molar-refractivity contribution in [3.63, 3.8) is 0 Å². The maximum Gasteiger partial charge on any atom is 0.230 e. The number of carbonyl (C=O) groups is 1. The molecule has 1 N–H and O–H groups in total. The van der Waals surface area contributed by atoms with Crippen molar-refractivity contribution in [3.05, 3.63) is 28.5 Å². The van der Waals surface area contributed by atoms with E-state index in [1.165, 1.54) is 6.07 Å². The van der Waals surface area contributed by atoms with Crippen LogP contribution in [0.25, 0.3) is 0 Å².